The molecular formula is C8H16ClNO. The van der Waals surface area contributed by atoms with Crippen molar-refractivity contribution >= 4 is 11.6 Å². The molecule has 0 amide bonds. The molecule has 0 atom stereocenters. The van der Waals surface area contributed by atoms with Crippen molar-refractivity contribution in [1.82, 2.24) is 4.90 Å². The lowest BCUT2D eigenvalue weighted by atomic mass is 9.81. The maximum atomic E-state index is 9.12. The number of hydrogen-bond donors (Lipinski definition) is 1. The van der Waals surface area contributed by atoms with Crippen molar-refractivity contribution in [3.8, 4) is 0 Å². The van der Waals surface area contributed by atoms with E-state index in [1.165, 1.54) is 0 Å². The molecule has 1 rings (SSSR count). The fourth-order valence-electron chi connectivity index (χ4n) is 1.43. The Morgan fingerprint density at radius 1 is 1.45 bits per heavy atom. The van der Waals surface area contributed by atoms with Gasteiger partial charge in [0.15, 0.2) is 0 Å². The Balaban J connectivity index is 2.45. The van der Waals surface area contributed by atoms with Crippen molar-refractivity contribution in [1.29, 1.82) is 0 Å². The van der Waals surface area contributed by atoms with Crippen LogP contribution in [0.25, 0.3) is 0 Å². The Hall–Kier alpha value is 0.210. The standard InChI is InChI=1S/C8H16ClNO/c1-10-4-2-8(6-9,7-11)3-5-10/h11H,2-7H2,1H3. The van der Waals surface area contributed by atoms with E-state index in [0.717, 1.165) is 25.9 Å². The van der Waals surface area contributed by atoms with E-state index in [1.54, 1.807) is 0 Å². The highest BCUT2D eigenvalue weighted by Crippen LogP contribution is 2.31. The van der Waals surface area contributed by atoms with Gasteiger partial charge in [-0.2, -0.15) is 0 Å². The van der Waals surface area contributed by atoms with Crippen LogP contribution in [-0.4, -0.2) is 42.6 Å². The minimum atomic E-state index is 0.0219. The molecule has 0 aromatic rings. The van der Waals surface area contributed by atoms with Gasteiger partial charge in [-0.1, -0.05) is 0 Å². The number of alkyl halides is 1. The van der Waals surface area contributed by atoms with Crippen LogP contribution in [0.4, 0.5) is 0 Å². The number of nitrogens with zero attached hydrogens (tertiary/aromatic N) is 1. The average molecular weight is 178 g/mol. The summed E-state index contributed by atoms with van der Waals surface area (Å²) in [5.74, 6) is 0.595. The van der Waals surface area contributed by atoms with Crippen molar-refractivity contribution in [2.24, 2.45) is 5.41 Å². The first-order valence-corrected chi connectivity index (χ1v) is 4.61. The Bertz CT molecular complexity index is 115. The van der Waals surface area contributed by atoms with Crippen LogP contribution in [0, 0.1) is 5.41 Å². The summed E-state index contributed by atoms with van der Waals surface area (Å²) in [6, 6.07) is 0. The lowest BCUT2D eigenvalue weighted by molar-refractivity contribution is 0.0717. The molecule has 0 radical (unpaired) electrons. The number of aliphatic hydroxyl groups excluding tert-OH is 1. The van der Waals surface area contributed by atoms with Crippen LogP contribution >= 0.6 is 11.6 Å². The first kappa shape index (κ1) is 9.30. The zero-order valence-electron chi connectivity index (χ0n) is 7.02. The molecule has 0 unspecified atom stereocenters. The molecule has 0 bridgehead atoms. The van der Waals surface area contributed by atoms with Crippen LogP contribution in [-0.2, 0) is 0 Å². The molecule has 0 aromatic carbocycles. The molecule has 1 fully saturated rings. The molecule has 0 aliphatic carbocycles. The zero-order valence-corrected chi connectivity index (χ0v) is 7.77. The molecule has 0 saturated carbocycles. The molecule has 1 saturated heterocycles. The second-order valence-corrected chi connectivity index (χ2v) is 3.86. The molecule has 1 aliphatic heterocycles. The van der Waals surface area contributed by atoms with Gasteiger partial charge in [-0.05, 0) is 33.0 Å². The molecule has 1 N–H and O–H groups in total. The Labute approximate surface area is 73.1 Å². The molecule has 66 valence electrons. The van der Waals surface area contributed by atoms with Crippen LogP contribution in [0.1, 0.15) is 12.8 Å². The quantitative estimate of drug-likeness (QED) is 0.635. The van der Waals surface area contributed by atoms with E-state index in [-0.39, 0.29) is 12.0 Å². The predicted octanol–water partition coefficient (Wildman–Crippen LogP) is 0.929. The number of rotatable bonds is 2. The maximum absolute atomic E-state index is 9.12. The average Bonchev–Trinajstić information content (AvgIpc) is 2.07. The van der Waals surface area contributed by atoms with Gasteiger partial charge in [-0.25, -0.2) is 0 Å². The molecule has 2 nitrogen and oxygen atoms in total. The van der Waals surface area contributed by atoms with Gasteiger partial charge in [-0.15, -0.1) is 11.6 Å². The summed E-state index contributed by atoms with van der Waals surface area (Å²) in [5.41, 5.74) is 0.0219. The monoisotopic (exact) mass is 177 g/mol. The van der Waals surface area contributed by atoms with Gasteiger partial charge in [0, 0.05) is 17.9 Å². The first-order chi connectivity index (χ1) is 5.22. The third kappa shape index (κ3) is 2.08. The summed E-state index contributed by atoms with van der Waals surface area (Å²) < 4.78 is 0. The van der Waals surface area contributed by atoms with Crippen LogP contribution in [0.3, 0.4) is 0 Å². The second kappa shape index (κ2) is 3.74. The van der Waals surface area contributed by atoms with Gasteiger partial charge in [0.2, 0.25) is 0 Å². The summed E-state index contributed by atoms with van der Waals surface area (Å²) in [4.78, 5) is 2.28. The van der Waals surface area contributed by atoms with E-state index in [2.05, 4.69) is 11.9 Å². The normalized spacial score (nSPS) is 25.4. The third-order valence-corrected chi connectivity index (χ3v) is 3.23. The van der Waals surface area contributed by atoms with E-state index in [0.29, 0.717) is 5.88 Å². The van der Waals surface area contributed by atoms with E-state index in [4.69, 9.17) is 16.7 Å². The maximum Gasteiger partial charge on any atom is 0.0499 e. The summed E-state index contributed by atoms with van der Waals surface area (Å²) in [6.07, 6.45) is 2.06. The smallest absolute Gasteiger partial charge is 0.0499 e. The zero-order chi connectivity index (χ0) is 8.32. The highest BCUT2D eigenvalue weighted by molar-refractivity contribution is 6.18. The fraction of sp³-hybridized carbons (Fsp3) is 1.00. The van der Waals surface area contributed by atoms with Gasteiger partial charge in [0.25, 0.3) is 0 Å². The van der Waals surface area contributed by atoms with Crippen molar-refractivity contribution in [2.45, 2.75) is 12.8 Å². The van der Waals surface area contributed by atoms with E-state index < -0.39 is 0 Å². The number of likely N-dealkylation sites (tertiary alicyclic amines) is 1. The van der Waals surface area contributed by atoms with Gasteiger partial charge in [-0.3, -0.25) is 0 Å². The predicted molar refractivity (Wildman–Crippen MR) is 47.0 cm³/mol. The van der Waals surface area contributed by atoms with Gasteiger partial charge < -0.3 is 10.0 Å². The number of piperidine rings is 1. The van der Waals surface area contributed by atoms with Crippen LogP contribution < -0.4 is 0 Å². The van der Waals surface area contributed by atoms with Crippen molar-refractivity contribution in [3.05, 3.63) is 0 Å². The highest BCUT2D eigenvalue weighted by Gasteiger charge is 2.31. The number of halogens is 1. The lowest BCUT2D eigenvalue weighted by Crippen LogP contribution is -2.41. The summed E-state index contributed by atoms with van der Waals surface area (Å²) in [5, 5.41) is 9.12. The van der Waals surface area contributed by atoms with Crippen LogP contribution in [0.2, 0.25) is 0 Å². The van der Waals surface area contributed by atoms with Gasteiger partial charge >= 0.3 is 0 Å². The van der Waals surface area contributed by atoms with E-state index in [1.807, 2.05) is 0 Å². The van der Waals surface area contributed by atoms with Crippen LogP contribution in [0.15, 0.2) is 0 Å². The summed E-state index contributed by atoms with van der Waals surface area (Å²) in [6.45, 7) is 2.37. The molecule has 3 heteroatoms. The topological polar surface area (TPSA) is 23.5 Å². The molecule has 11 heavy (non-hydrogen) atoms. The minimum absolute atomic E-state index is 0.0219. The van der Waals surface area contributed by atoms with Crippen molar-refractivity contribution < 1.29 is 5.11 Å². The number of hydrogen-bond acceptors (Lipinski definition) is 2. The largest absolute Gasteiger partial charge is 0.396 e. The molecule has 0 spiro atoms. The molecule has 1 aliphatic rings. The summed E-state index contributed by atoms with van der Waals surface area (Å²) >= 11 is 5.81. The first-order valence-electron chi connectivity index (χ1n) is 4.08. The fourth-order valence-corrected chi connectivity index (χ4v) is 1.78. The molecular weight excluding hydrogens is 162 g/mol. The Morgan fingerprint density at radius 2 is 2.00 bits per heavy atom. The van der Waals surface area contributed by atoms with E-state index >= 15 is 0 Å². The second-order valence-electron chi connectivity index (χ2n) is 3.60. The third-order valence-electron chi connectivity index (χ3n) is 2.67. The lowest BCUT2D eigenvalue weighted by Gasteiger charge is -2.37. The van der Waals surface area contributed by atoms with E-state index in [9.17, 15) is 0 Å². The highest BCUT2D eigenvalue weighted by atomic mass is 35.5. The van der Waals surface area contributed by atoms with Crippen molar-refractivity contribution in [3.63, 3.8) is 0 Å². The summed E-state index contributed by atoms with van der Waals surface area (Å²) in [7, 11) is 2.11. The Kier molecular flexibility index (Phi) is 3.16. The van der Waals surface area contributed by atoms with Crippen LogP contribution in [0.5, 0.6) is 0 Å². The SMILES string of the molecule is CN1CCC(CO)(CCl)CC1. The minimum Gasteiger partial charge on any atom is -0.396 e. The Morgan fingerprint density at radius 3 is 2.36 bits per heavy atom. The van der Waals surface area contributed by atoms with Crippen molar-refractivity contribution in [2.75, 3.05) is 32.6 Å². The molecule has 0 aromatic heterocycles. The van der Waals surface area contributed by atoms with Gasteiger partial charge in [0.05, 0.1) is 0 Å². The molecule has 1 heterocycles. The number of aliphatic hydroxyl groups is 1. The van der Waals surface area contributed by atoms with Gasteiger partial charge in [0.1, 0.15) is 0 Å².